The minimum absolute atomic E-state index is 0.269. The van der Waals surface area contributed by atoms with Gasteiger partial charge in [-0.3, -0.25) is 4.98 Å². The zero-order valence-electron chi connectivity index (χ0n) is 14.6. The van der Waals surface area contributed by atoms with E-state index in [9.17, 15) is 0 Å². The molecule has 26 heavy (non-hydrogen) atoms. The van der Waals surface area contributed by atoms with Crippen LogP contribution in [-0.4, -0.2) is 36.8 Å². The second-order valence-corrected chi connectivity index (χ2v) is 8.59. The number of anilines is 1. The number of rotatable bonds is 3. The minimum atomic E-state index is 0.269. The molecule has 0 amide bonds. The Morgan fingerprint density at radius 3 is 2.77 bits per heavy atom. The van der Waals surface area contributed by atoms with Gasteiger partial charge in [-0.05, 0) is 49.4 Å². The van der Waals surface area contributed by atoms with Gasteiger partial charge in [-0.2, -0.15) is 0 Å². The summed E-state index contributed by atoms with van der Waals surface area (Å²) in [7, 11) is 0. The van der Waals surface area contributed by atoms with E-state index in [-0.39, 0.29) is 6.04 Å². The molecular weight excluding hydrogens is 437 g/mol. The van der Waals surface area contributed by atoms with Crippen LogP contribution >= 0.6 is 22.9 Å². The molecule has 0 saturated carbocycles. The normalized spacial score (nSPS) is 21.2. The molecule has 1 aliphatic heterocycles. The summed E-state index contributed by atoms with van der Waals surface area (Å²) in [4.78, 5) is 9.67. The fourth-order valence-corrected chi connectivity index (χ4v) is 4.84. The molecule has 0 radical (unpaired) electrons. The van der Waals surface area contributed by atoms with Crippen LogP contribution in [-0.2, 0) is 6.42 Å². The molecule has 5 nitrogen and oxygen atoms in total. The molecule has 0 spiro atoms. The molecule has 3 heterocycles. The molecule has 1 unspecified atom stereocenters. The Hall–Kier alpha value is -1.67. The first kappa shape index (κ1) is 16.5. The summed E-state index contributed by atoms with van der Waals surface area (Å²) in [6.45, 7) is 2.26. The molecular formula is C20H22IN5. The summed E-state index contributed by atoms with van der Waals surface area (Å²) in [6, 6.07) is 13.5. The molecule has 1 fully saturated rings. The number of halogens is 1. The highest BCUT2D eigenvalue weighted by atomic mass is 127. The van der Waals surface area contributed by atoms with Gasteiger partial charge in [0.2, 0.25) is 5.95 Å². The maximum atomic E-state index is 4.95. The molecule has 2 aliphatic rings. The highest BCUT2D eigenvalue weighted by molar-refractivity contribution is 14.1. The lowest BCUT2D eigenvalue weighted by molar-refractivity contribution is 0.380. The third-order valence-corrected chi connectivity index (χ3v) is 6.57. The number of hydrogen-bond donors (Lipinski definition) is 1. The Bertz CT molecular complexity index is 929. The maximum Gasteiger partial charge on any atom is 0.204 e. The molecule has 0 bridgehead atoms. The van der Waals surface area contributed by atoms with Crippen molar-refractivity contribution in [2.45, 2.75) is 37.8 Å². The standard InChI is InChI=1S/C20H22IN5/c21-25-12-9-15(10-13-25)23-20-24-16-5-1-2-6-17(16)26(20)18-8-7-14-4-3-11-22-19(14)18/h1-6,11,15,18H,7-10,12-13H2,(H,23,24). The lowest BCUT2D eigenvalue weighted by atomic mass is 10.1. The minimum Gasteiger partial charge on any atom is -0.353 e. The zero-order chi connectivity index (χ0) is 17.5. The monoisotopic (exact) mass is 459 g/mol. The molecule has 1 aliphatic carbocycles. The van der Waals surface area contributed by atoms with Crippen LogP contribution < -0.4 is 5.32 Å². The summed E-state index contributed by atoms with van der Waals surface area (Å²) in [5.41, 5.74) is 4.84. The number of para-hydroxylation sites is 2. The number of benzene rings is 1. The number of nitrogens with zero attached hydrogens (tertiary/aromatic N) is 4. The lowest BCUT2D eigenvalue weighted by Crippen LogP contribution is -2.34. The molecule has 134 valence electrons. The highest BCUT2D eigenvalue weighted by Gasteiger charge is 2.29. The molecule has 2 aromatic heterocycles. The average molecular weight is 459 g/mol. The Morgan fingerprint density at radius 1 is 1.04 bits per heavy atom. The van der Waals surface area contributed by atoms with Crippen LogP contribution in [0.1, 0.15) is 36.6 Å². The van der Waals surface area contributed by atoms with E-state index in [0.29, 0.717) is 6.04 Å². The first-order chi connectivity index (χ1) is 12.8. The Balaban J connectivity index is 1.55. The SMILES string of the molecule is IN1CCC(Nc2nc3ccccc3n2C2CCc3cccnc32)CC1. The van der Waals surface area contributed by atoms with E-state index >= 15 is 0 Å². The van der Waals surface area contributed by atoms with Crippen molar-refractivity contribution in [1.82, 2.24) is 17.6 Å². The second-order valence-electron chi connectivity index (χ2n) is 7.22. The topological polar surface area (TPSA) is 46.0 Å². The summed E-state index contributed by atoms with van der Waals surface area (Å²) in [6.07, 6.45) is 6.41. The first-order valence-corrected chi connectivity index (χ1v) is 10.3. The number of aromatic nitrogens is 3. The van der Waals surface area contributed by atoms with E-state index < -0.39 is 0 Å². The Labute approximate surface area is 167 Å². The lowest BCUT2D eigenvalue weighted by Gasteiger charge is -2.29. The van der Waals surface area contributed by atoms with Crippen LogP contribution in [0.25, 0.3) is 11.0 Å². The van der Waals surface area contributed by atoms with Gasteiger partial charge in [0, 0.05) is 48.2 Å². The van der Waals surface area contributed by atoms with Gasteiger partial charge in [0.25, 0.3) is 0 Å². The predicted molar refractivity (Wildman–Crippen MR) is 113 cm³/mol. The number of piperidine rings is 1. The number of aryl methyl sites for hydroxylation is 1. The van der Waals surface area contributed by atoms with Crippen LogP contribution in [0.5, 0.6) is 0 Å². The van der Waals surface area contributed by atoms with Crippen molar-refractivity contribution in [3.63, 3.8) is 0 Å². The first-order valence-electron chi connectivity index (χ1n) is 9.37. The van der Waals surface area contributed by atoms with Gasteiger partial charge in [0.1, 0.15) is 0 Å². The fourth-order valence-electron chi connectivity index (χ4n) is 4.28. The molecule has 1 saturated heterocycles. The Morgan fingerprint density at radius 2 is 1.88 bits per heavy atom. The fraction of sp³-hybridized carbons (Fsp3) is 0.400. The number of nitrogens with one attached hydrogen (secondary N) is 1. The number of pyridine rings is 1. The van der Waals surface area contributed by atoms with Crippen molar-refractivity contribution in [3.8, 4) is 0 Å². The van der Waals surface area contributed by atoms with Gasteiger partial charge in [0.15, 0.2) is 0 Å². The van der Waals surface area contributed by atoms with Gasteiger partial charge >= 0.3 is 0 Å². The molecule has 1 aromatic carbocycles. The quantitative estimate of drug-likeness (QED) is 0.472. The number of hydrogen-bond acceptors (Lipinski definition) is 4. The van der Waals surface area contributed by atoms with E-state index in [2.05, 4.69) is 66.2 Å². The second kappa shape index (κ2) is 6.81. The third kappa shape index (κ3) is 2.89. The maximum absolute atomic E-state index is 4.95. The molecule has 1 N–H and O–H groups in total. The van der Waals surface area contributed by atoms with E-state index in [0.717, 1.165) is 50.2 Å². The van der Waals surface area contributed by atoms with Crippen molar-refractivity contribution in [2.75, 3.05) is 18.4 Å². The van der Waals surface area contributed by atoms with Crippen molar-refractivity contribution in [3.05, 3.63) is 53.9 Å². The smallest absolute Gasteiger partial charge is 0.204 e. The average Bonchev–Trinajstić information content (AvgIpc) is 3.24. The zero-order valence-corrected chi connectivity index (χ0v) is 16.8. The van der Waals surface area contributed by atoms with Crippen LogP contribution in [0.3, 0.4) is 0 Å². The van der Waals surface area contributed by atoms with Crippen molar-refractivity contribution < 1.29 is 0 Å². The van der Waals surface area contributed by atoms with Crippen LogP contribution in [0.4, 0.5) is 5.95 Å². The molecule has 5 rings (SSSR count). The number of imidazole rings is 1. The van der Waals surface area contributed by atoms with Gasteiger partial charge in [0.05, 0.1) is 22.8 Å². The van der Waals surface area contributed by atoms with E-state index in [1.54, 1.807) is 0 Å². The van der Waals surface area contributed by atoms with Gasteiger partial charge in [-0.15, -0.1) is 0 Å². The molecule has 6 heteroatoms. The third-order valence-electron chi connectivity index (χ3n) is 5.61. The predicted octanol–water partition coefficient (Wildman–Crippen LogP) is 4.19. The van der Waals surface area contributed by atoms with Gasteiger partial charge in [-0.25, -0.2) is 8.10 Å². The van der Waals surface area contributed by atoms with Crippen molar-refractivity contribution in [1.29, 1.82) is 0 Å². The number of fused-ring (bicyclic) bond motifs is 2. The largest absolute Gasteiger partial charge is 0.353 e. The van der Waals surface area contributed by atoms with Crippen LogP contribution in [0.15, 0.2) is 42.6 Å². The summed E-state index contributed by atoms with van der Waals surface area (Å²) in [5, 5.41) is 3.76. The van der Waals surface area contributed by atoms with E-state index in [1.807, 2.05) is 12.3 Å². The highest BCUT2D eigenvalue weighted by Crippen LogP contribution is 2.37. The van der Waals surface area contributed by atoms with Crippen molar-refractivity contribution in [2.24, 2.45) is 0 Å². The van der Waals surface area contributed by atoms with E-state index in [4.69, 9.17) is 9.97 Å². The molecule has 1 atom stereocenters. The van der Waals surface area contributed by atoms with Crippen LogP contribution in [0.2, 0.25) is 0 Å². The molecule has 3 aromatic rings. The summed E-state index contributed by atoms with van der Waals surface area (Å²) >= 11 is 2.42. The van der Waals surface area contributed by atoms with Crippen molar-refractivity contribution >= 4 is 39.8 Å². The Kier molecular flexibility index (Phi) is 4.32. The summed E-state index contributed by atoms with van der Waals surface area (Å²) in [5.74, 6) is 1.00. The van der Waals surface area contributed by atoms with E-state index in [1.165, 1.54) is 16.8 Å². The summed E-state index contributed by atoms with van der Waals surface area (Å²) < 4.78 is 4.76. The van der Waals surface area contributed by atoms with Gasteiger partial charge in [-0.1, -0.05) is 18.2 Å². The van der Waals surface area contributed by atoms with Crippen LogP contribution in [0, 0.1) is 0 Å². The van der Waals surface area contributed by atoms with Gasteiger partial charge < -0.3 is 9.88 Å².